The van der Waals surface area contributed by atoms with E-state index in [1.165, 1.54) is 7.11 Å². The molecule has 0 radical (unpaired) electrons. The molecular formula is C27H29BrN4O4. The van der Waals surface area contributed by atoms with Gasteiger partial charge in [0.2, 0.25) is 0 Å². The van der Waals surface area contributed by atoms with Crippen molar-refractivity contribution < 1.29 is 19.1 Å². The Hall–Kier alpha value is -3.33. The van der Waals surface area contributed by atoms with Gasteiger partial charge in [-0.15, -0.1) is 0 Å². The van der Waals surface area contributed by atoms with E-state index in [1.807, 2.05) is 37.4 Å². The van der Waals surface area contributed by atoms with Crippen molar-refractivity contribution in [2.75, 3.05) is 13.7 Å². The third-order valence-electron chi connectivity index (χ3n) is 6.12. The zero-order chi connectivity index (χ0) is 25.9. The van der Waals surface area contributed by atoms with Crippen LogP contribution in [0.5, 0.6) is 0 Å². The highest BCUT2D eigenvalue weighted by Gasteiger charge is 2.32. The summed E-state index contributed by atoms with van der Waals surface area (Å²) >= 11 is 3.60. The molecule has 3 aromatic rings. The van der Waals surface area contributed by atoms with Crippen LogP contribution in [0, 0.1) is 12.3 Å². The molecule has 0 N–H and O–H groups in total. The predicted octanol–water partition coefficient (Wildman–Crippen LogP) is 5.14. The minimum Gasteiger partial charge on any atom is -0.469 e. The largest absolute Gasteiger partial charge is 0.469 e. The first-order valence-corrected chi connectivity index (χ1v) is 12.6. The molecule has 3 heterocycles. The average Bonchev–Trinajstić information content (AvgIpc) is 3.17. The molecule has 0 amide bonds. The molecule has 1 aliphatic heterocycles. The van der Waals surface area contributed by atoms with Gasteiger partial charge in [-0.1, -0.05) is 22.0 Å². The fourth-order valence-electron chi connectivity index (χ4n) is 4.30. The van der Waals surface area contributed by atoms with Crippen LogP contribution in [0.1, 0.15) is 61.9 Å². The summed E-state index contributed by atoms with van der Waals surface area (Å²) in [5, 5.41) is 0. The molecule has 2 aromatic heterocycles. The van der Waals surface area contributed by atoms with Crippen molar-refractivity contribution in [1.29, 1.82) is 0 Å². The van der Waals surface area contributed by atoms with Crippen LogP contribution in [0.3, 0.4) is 0 Å². The van der Waals surface area contributed by atoms with Crippen LogP contribution in [0.15, 0.2) is 58.3 Å². The van der Waals surface area contributed by atoms with Crippen LogP contribution >= 0.6 is 15.9 Å². The first-order chi connectivity index (χ1) is 17.2. The maximum atomic E-state index is 12.3. The predicted molar refractivity (Wildman–Crippen MR) is 139 cm³/mol. The summed E-state index contributed by atoms with van der Waals surface area (Å²) in [5.41, 5.74) is 3.60. The van der Waals surface area contributed by atoms with Crippen LogP contribution in [-0.4, -0.2) is 45.9 Å². The number of aliphatic imine (C=N–C) groups is 1. The van der Waals surface area contributed by atoms with E-state index in [0.29, 0.717) is 12.8 Å². The van der Waals surface area contributed by atoms with E-state index in [9.17, 15) is 9.59 Å². The van der Waals surface area contributed by atoms with E-state index in [0.717, 1.165) is 38.6 Å². The number of imidazole rings is 1. The summed E-state index contributed by atoms with van der Waals surface area (Å²) in [6, 6.07) is 11.6. The molecule has 1 atom stereocenters. The van der Waals surface area contributed by atoms with Crippen LogP contribution in [-0.2, 0) is 19.1 Å². The molecule has 4 rings (SSSR count). The Bertz CT molecular complexity index is 1300. The third kappa shape index (κ3) is 5.41. The van der Waals surface area contributed by atoms with Gasteiger partial charge in [-0.3, -0.25) is 24.1 Å². The first-order valence-electron chi connectivity index (χ1n) is 11.8. The van der Waals surface area contributed by atoms with Crippen molar-refractivity contribution in [2.45, 2.75) is 46.1 Å². The van der Waals surface area contributed by atoms with E-state index in [1.54, 1.807) is 20.0 Å². The molecule has 1 aromatic carbocycles. The normalized spacial score (nSPS) is 14.8. The summed E-state index contributed by atoms with van der Waals surface area (Å²) < 4.78 is 13.3. The second kappa shape index (κ2) is 10.7. The van der Waals surface area contributed by atoms with Crippen LogP contribution < -0.4 is 0 Å². The molecule has 0 saturated heterocycles. The number of pyridine rings is 1. The van der Waals surface area contributed by atoms with Gasteiger partial charge < -0.3 is 9.47 Å². The number of aromatic nitrogens is 3. The first kappa shape index (κ1) is 25.8. The van der Waals surface area contributed by atoms with E-state index in [-0.39, 0.29) is 19.1 Å². The third-order valence-corrected chi connectivity index (χ3v) is 6.61. The van der Waals surface area contributed by atoms with Gasteiger partial charge in [-0.25, -0.2) is 4.98 Å². The van der Waals surface area contributed by atoms with Gasteiger partial charge in [0.1, 0.15) is 11.9 Å². The lowest BCUT2D eigenvalue weighted by atomic mass is 9.90. The number of hydrogen-bond donors (Lipinski definition) is 0. The molecule has 8 nitrogen and oxygen atoms in total. The fraction of sp³-hybridized carbons (Fsp3) is 0.370. The highest BCUT2D eigenvalue weighted by atomic mass is 79.9. The molecule has 0 bridgehead atoms. The Morgan fingerprint density at radius 1 is 1.17 bits per heavy atom. The van der Waals surface area contributed by atoms with Crippen molar-refractivity contribution in [3.8, 4) is 5.69 Å². The number of fused-ring (bicyclic) bond motifs is 3. The Morgan fingerprint density at radius 2 is 1.97 bits per heavy atom. The molecule has 1 aliphatic rings. The van der Waals surface area contributed by atoms with Crippen molar-refractivity contribution in [3.63, 3.8) is 0 Å². The molecule has 0 saturated carbocycles. The van der Waals surface area contributed by atoms with Gasteiger partial charge in [-0.2, -0.15) is 0 Å². The van der Waals surface area contributed by atoms with Gasteiger partial charge in [0.15, 0.2) is 0 Å². The summed E-state index contributed by atoms with van der Waals surface area (Å²) in [7, 11) is 1.31. The van der Waals surface area contributed by atoms with Crippen molar-refractivity contribution in [2.24, 2.45) is 10.4 Å². The summed E-state index contributed by atoms with van der Waals surface area (Å²) in [6.07, 6.45) is 4.77. The van der Waals surface area contributed by atoms with Crippen LogP contribution in [0.4, 0.5) is 0 Å². The van der Waals surface area contributed by atoms with Gasteiger partial charge >= 0.3 is 11.9 Å². The van der Waals surface area contributed by atoms with Gasteiger partial charge in [0.05, 0.1) is 42.6 Å². The Labute approximate surface area is 218 Å². The SMILES string of the molecule is COC(=O)C(C)(C)CC(=O)OCCC[C@@H]1N=C(c2ccccn2)c2cc(Br)ccc2-n2c(C)cnc21. The number of nitrogens with zero attached hydrogens (tertiary/aromatic N) is 4. The van der Waals surface area contributed by atoms with Gasteiger partial charge in [0.25, 0.3) is 0 Å². The highest BCUT2D eigenvalue weighted by molar-refractivity contribution is 9.10. The van der Waals surface area contributed by atoms with Gasteiger partial charge in [-0.05, 0) is 63.9 Å². The van der Waals surface area contributed by atoms with E-state index >= 15 is 0 Å². The second-order valence-corrected chi connectivity index (χ2v) is 10.3. The number of halogens is 1. The quantitative estimate of drug-likeness (QED) is 0.283. The number of carbonyl (C=O) groups excluding carboxylic acids is 2. The van der Waals surface area contributed by atoms with E-state index in [2.05, 4.69) is 37.6 Å². The Morgan fingerprint density at radius 3 is 2.69 bits per heavy atom. The molecule has 0 unspecified atom stereocenters. The maximum absolute atomic E-state index is 12.3. The summed E-state index contributed by atoms with van der Waals surface area (Å²) in [6.45, 7) is 5.57. The standard InChI is InChI=1S/C27H29BrN4O4/c1-17-16-30-25-21(9-7-13-36-23(33)15-27(2,3)26(34)35-4)31-24(20-8-5-6-12-29-20)19-14-18(28)10-11-22(19)32(17)25/h5-6,8,10-12,14,16,21H,7,9,13,15H2,1-4H3/t21-/m0/s1. The van der Waals surface area contributed by atoms with E-state index in [4.69, 9.17) is 19.5 Å². The zero-order valence-electron chi connectivity index (χ0n) is 20.8. The molecule has 0 aliphatic carbocycles. The Balaban J connectivity index is 1.57. The molecule has 9 heteroatoms. The zero-order valence-corrected chi connectivity index (χ0v) is 22.4. The van der Waals surface area contributed by atoms with Crippen molar-refractivity contribution >= 4 is 33.6 Å². The van der Waals surface area contributed by atoms with Crippen LogP contribution in [0.2, 0.25) is 0 Å². The van der Waals surface area contributed by atoms with Crippen molar-refractivity contribution in [3.05, 3.63) is 76.0 Å². The number of aryl methyl sites for hydroxylation is 1. The number of rotatable bonds is 8. The lowest BCUT2D eigenvalue weighted by Gasteiger charge is -2.20. The number of ether oxygens (including phenoxy) is 2. The monoisotopic (exact) mass is 552 g/mol. The number of carbonyl (C=O) groups is 2. The number of benzene rings is 1. The number of methoxy groups -OCH3 is 1. The molecule has 36 heavy (non-hydrogen) atoms. The average molecular weight is 553 g/mol. The molecule has 0 fully saturated rings. The smallest absolute Gasteiger partial charge is 0.311 e. The minimum atomic E-state index is -0.933. The minimum absolute atomic E-state index is 0.0428. The van der Waals surface area contributed by atoms with Crippen molar-refractivity contribution in [1.82, 2.24) is 14.5 Å². The fourth-order valence-corrected chi connectivity index (χ4v) is 4.66. The lowest BCUT2D eigenvalue weighted by molar-refractivity contribution is -0.158. The van der Waals surface area contributed by atoms with Crippen LogP contribution in [0.25, 0.3) is 5.69 Å². The van der Waals surface area contributed by atoms with E-state index < -0.39 is 17.4 Å². The summed E-state index contributed by atoms with van der Waals surface area (Å²) in [4.78, 5) is 38.6. The number of esters is 2. The molecular weight excluding hydrogens is 524 g/mol. The second-order valence-electron chi connectivity index (χ2n) is 9.38. The molecule has 188 valence electrons. The lowest BCUT2D eigenvalue weighted by Crippen LogP contribution is -2.29. The topological polar surface area (TPSA) is 95.7 Å². The van der Waals surface area contributed by atoms with Gasteiger partial charge in [0, 0.05) is 28.1 Å². The maximum Gasteiger partial charge on any atom is 0.311 e. The number of hydrogen-bond acceptors (Lipinski definition) is 7. The Kier molecular flexibility index (Phi) is 7.68. The molecule has 0 spiro atoms. The highest BCUT2D eigenvalue weighted by Crippen LogP contribution is 2.34. The summed E-state index contributed by atoms with van der Waals surface area (Å²) in [5.74, 6) is -0.0404.